The Morgan fingerprint density at radius 3 is 2.74 bits per heavy atom. The lowest BCUT2D eigenvalue weighted by Gasteiger charge is -2.41. The summed E-state index contributed by atoms with van der Waals surface area (Å²) in [7, 11) is 0. The van der Waals surface area contributed by atoms with Crippen LogP contribution in [0.4, 0.5) is 0 Å². The number of carbonyl (C=O) groups is 3. The van der Waals surface area contributed by atoms with Gasteiger partial charge < -0.3 is 9.84 Å². The van der Waals surface area contributed by atoms with E-state index in [-0.39, 0.29) is 24.5 Å². The first kappa shape index (κ1) is 14.0. The lowest BCUT2D eigenvalue weighted by molar-refractivity contribution is -0.153. The second-order valence-electron chi connectivity index (χ2n) is 5.48. The molecule has 2 atom stereocenters. The van der Waals surface area contributed by atoms with Crippen LogP contribution in [0.1, 0.15) is 26.7 Å². The zero-order valence-corrected chi connectivity index (χ0v) is 11.0. The maximum atomic E-state index is 11.8. The zero-order valence-electron chi connectivity index (χ0n) is 11.0. The van der Waals surface area contributed by atoms with Gasteiger partial charge in [0.2, 0.25) is 11.8 Å². The van der Waals surface area contributed by atoms with Gasteiger partial charge >= 0.3 is 5.97 Å². The summed E-state index contributed by atoms with van der Waals surface area (Å²) >= 11 is 0. The number of piperazine rings is 1. The fraction of sp³-hybridized carbons (Fsp3) is 0.750. The molecule has 0 aromatic heterocycles. The first-order chi connectivity index (χ1) is 8.80. The van der Waals surface area contributed by atoms with Crippen LogP contribution in [-0.2, 0) is 19.1 Å². The molecular formula is C12H18N2O5. The molecule has 2 amide bonds. The molecule has 2 fully saturated rings. The summed E-state index contributed by atoms with van der Waals surface area (Å²) in [5.74, 6) is -1.64. The molecule has 2 unspecified atom stereocenters. The summed E-state index contributed by atoms with van der Waals surface area (Å²) in [5, 5.41) is 11.2. The number of hydrogen-bond donors (Lipinski definition) is 2. The molecule has 2 rings (SSSR count). The smallest absolute Gasteiger partial charge is 0.332 e. The van der Waals surface area contributed by atoms with Crippen LogP contribution in [0.3, 0.4) is 0 Å². The van der Waals surface area contributed by atoms with Gasteiger partial charge in [-0.2, -0.15) is 0 Å². The van der Waals surface area contributed by atoms with E-state index in [1.54, 1.807) is 18.7 Å². The SMILES string of the molecule is CC1(C)C(=O)NC(=O)CN1CC1CCC(C(=O)O)O1. The normalized spacial score (nSPS) is 31.3. The Labute approximate surface area is 110 Å². The molecule has 0 bridgehead atoms. The average Bonchev–Trinajstić information content (AvgIpc) is 2.74. The van der Waals surface area contributed by atoms with Crippen molar-refractivity contribution in [3.63, 3.8) is 0 Å². The summed E-state index contributed by atoms with van der Waals surface area (Å²) in [6, 6.07) is 0. The van der Waals surface area contributed by atoms with Crippen molar-refractivity contribution < 1.29 is 24.2 Å². The third-order valence-corrected chi connectivity index (χ3v) is 3.74. The van der Waals surface area contributed by atoms with Crippen LogP contribution < -0.4 is 5.32 Å². The van der Waals surface area contributed by atoms with Gasteiger partial charge in [-0.1, -0.05) is 0 Å². The van der Waals surface area contributed by atoms with E-state index >= 15 is 0 Å². The summed E-state index contributed by atoms with van der Waals surface area (Å²) in [4.78, 5) is 35.7. The predicted molar refractivity (Wildman–Crippen MR) is 64.3 cm³/mol. The maximum absolute atomic E-state index is 11.8. The number of hydrogen-bond acceptors (Lipinski definition) is 5. The average molecular weight is 270 g/mol. The molecule has 0 spiro atoms. The van der Waals surface area contributed by atoms with Crippen LogP contribution in [0.5, 0.6) is 0 Å². The number of imide groups is 1. The summed E-state index contributed by atoms with van der Waals surface area (Å²) in [6.45, 7) is 3.98. The highest BCUT2D eigenvalue weighted by atomic mass is 16.5. The Kier molecular flexibility index (Phi) is 3.60. The lowest BCUT2D eigenvalue weighted by atomic mass is 9.98. The number of rotatable bonds is 3. The Bertz CT molecular complexity index is 420. The second-order valence-corrected chi connectivity index (χ2v) is 5.48. The molecule has 2 aliphatic rings. The largest absolute Gasteiger partial charge is 0.479 e. The molecule has 2 N–H and O–H groups in total. The molecule has 0 radical (unpaired) electrons. The van der Waals surface area contributed by atoms with Crippen LogP contribution >= 0.6 is 0 Å². The van der Waals surface area contributed by atoms with Gasteiger partial charge in [-0.25, -0.2) is 4.79 Å². The number of nitrogens with zero attached hydrogens (tertiary/aromatic N) is 1. The van der Waals surface area contributed by atoms with Crippen LogP contribution in [0.2, 0.25) is 0 Å². The van der Waals surface area contributed by atoms with Crippen molar-refractivity contribution in [3.05, 3.63) is 0 Å². The topological polar surface area (TPSA) is 95.9 Å². The Balaban J connectivity index is 2.00. The van der Waals surface area contributed by atoms with Gasteiger partial charge in [0.25, 0.3) is 0 Å². The van der Waals surface area contributed by atoms with E-state index in [4.69, 9.17) is 9.84 Å². The number of aliphatic carboxylic acids is 1. The van der Waals surface area contributed by atoms with Crippen molar-refractivity contribution in [2.75, 3.05) is 13.1 Å². The molecule has 0 saturated carbocycles. The van der Waals surface area contributed by atoms with E-state index in [9.17, 15) is 14.4 Å². The molecule has 0 aromatic carbocycles. The molecule has 2 aliphatic heterocycles. The predicted octanol–water partition coefficient (Wildman–Crippen LogP) is -0.644. The molecule has 0 aliphatic carbocycles. The highest BCUT2D eigenvalue weighted by molar-refractivity contribution is 6.02. The third-order valence-electron chi connectivity index (χ3n) is 3.74. The third kappa shape index (κ3) is 2.76. The van der Waals surface area contributed by atoms with Gasteiger partial charge in [-0.05, 0) is 26.7 Å². The van der Waals surface area contributed by atoms with Crippen LogP contribution in [-0.4, -0.2) is 58.6 Å². The van der Waals surface area contributed by atoms with Crippen molar-refractivity contribution in [1.82, 2.24) is 10.2 Å². The van der Waals surface area contributed by atoms with Crippen LogP contribution in [0.25, 0.3) is 0 Å². The van der Waals surface area contributed by atoms with E-state index in [1.165, 1.54) is 0 Å². The van der Waals surface area contributed by atoms with Gasteiger partial charge in [-0.3, -0.25) is 19.8 Å². The van der Waals surface area contributed by atoms with Crippen LogP contribution in [0.15, 0.2) is 0 Å². The van der Waals surface area contributed by atoms with Crippen LogP contribution in [0, 0.1) is 0 Å². The van der Waals surface area contributed by atoms with Crippen molar-refractivity contribution in [1.29, 1.82) is 0 Å². The standard InChI is InChI=1S/C12H18N2O5/c1-12(2)11(18)13-9(15)6-14(12)5-7-3-4-8(19-7)10(16)17/h7-8H,3-6H2,1-2H3,(H,16,17)(H,13,15,18). The highest BCUT2D eigenvalue weighted by Gasteiger charge is 2.43. The number of carboxylic acids is 1. The zero-order chi connectivity index (χ0) is 14.2. The van der Waals surface area contributed by atoms with Crippen molar-refractivity contribution >= 4 is 17.8 Å². The minimum Gasteiger partial charge on any atom is -0.479 e. The first-order valence-corrected chi connectivity index (χ1v) is 6.28. The fourth-order valence-electron chi connectivity index (χ4n) is 2.39. The number of ether oxygens (including phenoxy) is 1. The molecule has 2 heterocycles. The number of carbonyl (C=O) groups excluding carboxylic acids is 2. The number of nitrogens with one attached hydrogen (secondary N) is 1. The Hall–Kier alpha value is -1.47. The monoisotopic (exact) mass is 270 g/mol. The minimum atomic E-state index is -0.964. The Morgan fingerprint density at radius 1 is 1.47 bits per heavy atom. The summed E-state index contributed by atoms with van der Waals surface area (Å²) in [6.07, 6.45) is 0.0647. The first-order valence-electron chi connectivity index (χ1n) is 6.28. The van der Waals surface area contributed by atoms with Gasteiger partial charge in [0, 0.05) is 6.54 Å². The molecule has 2 saturated heterocycles. The van der Waals surface area contributed by atoms with Gasteiger partial charge in [-0.15, -0.1) is 0 Å². The summed E-state index contributed by atoms with van der Waals surface area (Å²) < 4.78 is 5.41. The molecular weight excluding hydrogens is 252 g/mol. The van der Waals surface area contributed by atoms with Gasteiger partial charge in [0.15, 0.2) is 6.10 Å². The Morgan fingerprint density at radius 2 is 2.16 bits per heavy atom. The minimum absolute atomic E-state index is 0.121. The van der Waals surface area contributed by atoms with Gasteiger partial charge in [0.05, 0.1) is 18.2 Å². The molecule has 7 nitrogen and oxygen atoms in total. The molecule has 7 heteroatoms. The summed E-state index contributed by atoms with van der Waals surface area (Å²) in [5.41, 5.74) is -0.793. The lowest BCUT2D eigenvalue weighted by Crippen LogP contribution is -2.65. The van der Waals surface area contributed by atoms with Crippen molar-refractivity contribution in [2.45, 2.75) is 44.4 Å². The van der Waals surface area contributed by atoms with E-state index < -0.39 is 17.6 Å². The molecule has 19 heavy (non-hydrogen) atoms. The van der Waals surface area contributed by atoms with Crippen molar-refractivity contribution in [3.8, 4) is 0 Å². The number of amides is 2. The van der Waals surface area contributed by atoms with Crippen molar-refractivity contribution in [2.24, 2.45) is 0 Å². The number of carboxylic acid groups (broad SMARTS) is 1. The van der Waals surface area contributed by atoms with E-state index in [2.05, 4.69) is 5.32 Å². The quantitative estimate of drug-likeness (QED) is 0.662. The molecule has 106 valence electrons. The van der Waals surface area contributed by atoms with E-state index in [1.807, 2.05) is 0 Å². The highest BCUT2D eigenvalue weighted by Crippen LogP contribution is 2.25. The van der Waals surface area contributed by atoms with E-state index in [0.29, 0.717) is 19.4 Å². The maximum Gasteiger partial charge on any atom is 0.332 e. The van der Waals surface area contributed by atoms with Gasteiger partial charge in [0.1, 0.15) is 0 Å². The molecule has 0 aromatic rings. The fourth-order valence-corrected chi connectivity index (χ4v) is 2.39. The second kappa shape index (κ2) is 4.90. The van der Waals surface area contributed by atoms with E-state index in [0.717, 1.165) is 0 Å².